The summed E-state index contributed by atoms with van der Waals surface area (Å²) in [7, 11) is 0. The molecule has 1 aliphatic rings. The Morgan fingerprint density at radius 3 is 2.62 bits per heavy atom. The lowest BCUT2D eigenvalue weighted by Gasteiger charge is -2.17. The average Bonchev–Trinajstić information content (AvgIpc) is 3.28. The lowest BCUT2D eigenvalue weighted by Crippen LogP contribution is -2.19. The summed E-state index contributed by atoms with van der Waals surface area (Å²) in [5.74, 6) is 0.116. The number of thioether (sulfide) groups is 1. The quantitative estimate of drug-likeness (QED) is 0.219. The first-order valence-electron chi connectivity index (χ1n) is 12.7. The maximum Gasteiger partial charge on any atom is 0.255 e. The standard InChI is InChI=1S/C31H26ClN3O2S2/c1-19-13-14-25-26(18-33)31(39-27(25)15-19)35-30(37)28(20-7-3-2-4-8-20)38-24-12-6-11-23(17-24)34-29(36)21-9-5-10-22(32)16-21/h2-12,16-17,19,28H,13-15H2,1H3,(H,34,36)(H,35,37). The molecular weight excluding hydrogens is 546 g/mol. The Bertz CT molecular complexity index is 1560. The van der Waals surface area contributed by atoms with Crippen molar-refractivity contribution in [1.29, 1.82) is 5.26 Å². The summed E-state index contributed by atoms with van der Waals surface area (Å²) in [5.41, 5.74) is 3.61. The van der Waals surface area contributed by atoms with Gasteiger partial charge in [-0.05, 0) is 72.7 Å². The number of carbonyl (C=O) groups is 2. The summed E-state index contributed by atoms with van der Waals surface area (Å²) in [5, 5.41) is 16.4. The van der Waals surface area contributed by atoms with E-state index in [-0.39, 0.29) is 11.8 Å². The van der Waals surface area contributed by atoms with Gasteiger partial charge < -0.3 is 10.6 Å². The molecule has 0 saturated carbocycles. The molecule has 0 saturated heterocycles. The Labute approximate surface area is 241 Å². The van der Waals surface area contributed by atoms with Crippen LogP contribution in [0.4, 0.5) is 10.7 Å². The van der Waals surface area contributed by atoms with Gasteiger partial charge in [-0.2, -0.15) is 5.26 Å². The number of anilines is 2. The summed E-state index contributed by atoms with van der Waals surface area (Å²) >= 11 is 8.96. The molecule has 2 atom stereocenters. The van der Waals surface area contributed by atoms with Crippen LogP contribution in [0.3, 0.4) is 0 Å². The number of halogens is 1. The molecule has 2 unspecified atom stereocenters. The third-order valence-corrected chi connectivity index (χ3v) is 9.29. The number of rotatable bonds is 7. The van der Waals surface area contributed by atoms with Crippen LogP contribution in [0.15, 0.2) is 83.8 Å². The maximum atomic E-state index is 13.7. The van der Waals surface area contributed by atoms with Crippen molar-refractivity contribution < 1.29 is 9.59 Å². The Morgan fingerprint density at radius 2 is 1.85 bits per heavy atom. The van der Waals surface area contributed by atoms with Gasteiger partial charge in [-0.15, -0.1) is 23.1 Å². The fraction of sp³-hybridized carbons (Fsp3) is 0.194. The van der Waals surface area contributed by atoms with Crippen LogP contribution in [0.2, 0.25) is 5.02 Å². The molecule has 0 aliphatic heterocycles. The van der Waals surface area contributed by atoms with Crippen LogP contribution in [-0.2, 0) is 17.6 Å². The first-order valence-corrected chi connectivity index (χ1v) is 14.7. The average molecular weight is 572 g/mol. The second-order valence-corrected chi connectivity index (χ2v) is 12.3. The third-order valence-electron chi connectivity index (χ3n) is 6.63. The highest BCUT2D eigenvalue weighted by Gasteiger charge is 2.28. The van der Waals surface area contributed by atoms with Gasteiger partial charge in [0.25, 0.3) is 5.91 Å². The van der Waals surface area contributed by atoms with Gasteiger partial charge in [0, 0.05) is 26.0 Å². The first-order chi connectivity index (χ1) is 18.9. The van der Waals surface area contributed by atoms with E-state index in [4.69, 9.17) is 11.6 Å². The maximum absolute atomic E-state index is 13.7. The van der Waals surface area contributed by atoms with Gasteiger partial charge in [-0.1, -0.05) is 61.0 Å². The second-order valence-electron chi connectivity index (χ2n) is 9.56. The van der Waals surface area contributed by atoms with Crippen molar-refractivity contribution in [2.24, 2.45) is 5.92 Å². The number of hydrogen-bond acceptors (Lipinski definition) is 5. The normalized spacial score (nSPS) is 15.1. The number of amides is 2. The number of fused-ring (bicyclic) bond motifs is 1. The largest absolute Gasteiger partial charge is 0.322 e. The van der Waals surface area contributed by atoms with Gasteiger partial charge in [0.2, 0.25) is 5.91 Å². The van der Waals surface area contributed by atoms with E-state index in [1.807, 2.05) is 48.5 Å². The number of benzene rings is 3. The summed E-state index contributed by atoms with van der Waals surface area (Å²) in [6, 6.07) is 26.1. The molecule has 3 aromatic carbocycles. The Kier molecular flexibility index (Phi) is 8.37. The zero-order chi connectivity index (χ0) is 27.4. The Hall–Kier alpha value is -3.57. The molecule has 5 nitrogen and oxygen atoms in total. The van der Waals surface area contributed by atoms with E-state index in [2.05, 4.69) is 23.6 Å². The number of nitrogens with zero attached hydrogens (tertiary/aromatic N) is 1. The van der Waals surface area contributed by atoms with Gasteiger partial charge in [-0.3, -0.25) is 9.59 Å². The van der Waals surface area contributed by atoms with Gasteiger partial charge in [0.05, 0.1) is 5.56 Å². The van der Waals surface area contributed by atoms with Crippen molar-refractivity contribution in [3.8, 4) is 6.07 Å². The van der Waals surface area contributed by atoms with Crippen molar-refractivity contribution in [3.63, 3.8) is 0 Å². The minimum Gasteiger partial charge on any atom is -0.322 e. The SMILES string of the molecule is CC1CCc2c(sc(NC(=O)C(Sc3cccc(NC(=O)c4cccc(Cl)c4)c3)c3ccccc3)c2C#N)C1. The van der Waals surface area contributed by atoms with Crippen LogP contribution in [-0.4, -0.2) is 11.8 Å². The van der Waals surface area contributed by atoms with Crippen LogP contribution < -0.4 is 10.6 Å². The van der Waals surface area contributed by atoms with Crippen molar-refractivity contribution in [2.75, 3.05) is 10.6 Å². The molecule has 0 spiro atoms. The highest BCUT2D eigenvalue weighted by molar-refractivity contribution is 8.00. The molecule has 2 amide bonds. The lowest BCUT2D eigenvalue weighted by atomic mass is 9.88. The van der Waals surface area contributed by atoms with Gasteiger partial charge in [-0.25, -0.2) is 0 Å². The third kappa shape index (κ3) is 6.36. The molecular formula is C31H26ClN3O2S2. The molecule has 39 heavy (non-hydrogen) atoms. The molecule has 0 radical (unpaired) electrons. The van der Waals surface area contributed by atoms with E-state index in [1.165, 1.54) is 28.0 Å². The smallest absolute Gasteiger partial charge is 0.255 e. The molecule has 1 heterocycles. The molecule has 1 aromatic heterocycles. The van der Waals surface area contributed by atoms with Crippen LogP contribution in [0.25, 0.3) is 0 Å². The monoisotopic (exact) mass is 571 g/mol. The minimum atomic E-state index is -0.560. The van der Waals surface area contributed by atoms with E-state index < -0.39 is 5.25 Å². The highest BCUT2D eigenvalue weighted by atomic mass is 35.5. The van der Waals surface area contributed by atoms with E-state index in [0.717, 1.165) is 35.3 Å². The molecule has 5 rings (SSSR count). The topological polar surface area (TPSA) is 82.0 Å². The van der Waals surface area contributed by atoms with Crippen molar-refractivity contribution in [3.05, 3.63) is 111 Å². The number of thiophene rings is 1. The van der Waals surface area contributed by atoms with Gasteiger partial charge in [0.1, 0.15) is 16.3 Å². The summed E-state index contributed by atoms with van der Waals surface area (Å²) in [4.78, 5) is 28.5. The summed E-state index contributed by atoms with van der Waals surface area (Å²) in [6.45, 7) is 2.22. The van der Waals surface area contributed by atoms with Crippen LogP contribution in [0.5, 0.6) is 0 Å². The van der Waals surface area contributed by atoms with Crippen LogP contribution in [0.1, 0.15) is 50.5 Å². The van der Waals surface area contributed by atoms with E-state index in [9.17, 15) is 14.9 Å². The molecule has 196 valence electrons. The Balaban J connectivity index is 1.38. The summed E-state index contributed by atoms with van der Waals surface area (Å²) in [6.07, 6.45) is 2.87. The van der Waals surface area contributed by atoms with Gasteiger partial charge in [0.15, 0.2) is 0 Å². The van der Waals surface area contributed by atoms with Crippen molar-refractivity contribution in [1.82, 2.24) is 0 Å². The second kappa shape index (κ2) is 12.1. The molecule has 8 heteroatoms. The fourth-order valence-corrected chi connectivity index (χ4v) is 7.29. The molecule has 2 N–H and O–H groups in total. The number of nitriles is 1. The first kappa shape index (κ1) is 27.0. The van der Waals surface area contributed by atoms with Gasteiger partial charge >= 0.3 is 0 Å². The predicted octanol–water partition coefficient (Wildman–Crippen LogP) is 8.12. The zero-order valence-corrected chi connectivity index (χ0v) is 23.6. The lowest BCUT2D eigenvalue weighted by molar-refractivity contribution is -0.115. The number of nitrogens with one attached hydrogen (secondary N) is 2. The predicted molar refractivity (Wildman–Crippen MR) is 160 cm³/mol. The zero-order valence-electron chi connectivity index (χ0n) is 21.2. The van der Waals surface area contributed by atoms with E-state index in [1.54, 1.807) is 30.3 Å². The molecule has 0 fully saturated rings. The Morgan fingerprint density at radius 1 is 1.05 bits per heavy atom. The fourth-order valence-electron chi connectivity index (χ4n) is 4.65. The molecule has 1 aliphatic carbocycles. The highest BCUT2D eigenvalue weighted by Crippen LogP contribution is 2.42. The van der Waals surface area contributed by atoms with Crippen molar-refractivity contribution in [2.45, 2.75) is 36.3 Å². The minimum absolute atomic E-state index is 0.192. The van der Waals surface area contributed by atoms with E-state index in [0.29, 0.717) is 32.8 Å². The van der Waals surface area contributed by atoms with Crippen LogP contribution >= 0.6 is 34.7 Å². The van der Waals surface area contributed by atoms with Crippen molar-refractivity contribution >= 4 is 57.2 Å². The molecule has 0 bridgehead atoms. The summed E-state index contributed by atoms with van der Waals surface area (Å²) < 4.78 is 0. The molecule has 4 aromatic rings. The van der Waals surface area contributed by atoms with Crippen LogP contribution in [0, 0.1) is 17.2 Å². The number of hydrogen-bond donors (Lipinski definition) is 2. The number of carbonyl (C=O) groups excluding carboxylic acids is 2. The van der Waals surface area contributed by atoms with E-state index >= 15 is 0 Å².